The molecule has 0 aliphatic heterocycles. The van der Waals surface area contributed by atoms with Crippen molar-refractivity contribution >= 4 is 28.3 Å². The molecule has 0 N–H and O–H groups in total. The van der Waals surface area contributed by atoms with Crippen molar-refractivity contribution in [2.24, 2.45) is 0 Å². The number of thiazole rings is 1. The van der Waals surface area contributed by atoms with Gasteiger partial charge in [-0.3, -0.25) is 9.20 Å². The lowest BCUT2D eigenvalue weighted by Gasteiger charge is -2.06. The minimum absolute atomic E-state index is 0.0856. The number of aryl methyl sites for hydroxylation is 1. The number of halogens is 1. The van der Waals surface area contributed by atoms with Gasteiger partial charge < -0.3 is 9.47 Å². The Morgan fingerprint density at radius 3 is 2.78 bits per heavy atom. The van der Waals surface area contributed by atoms with Gasteiger partial charge in [-0.25, -0.2) is 14.2 Å². The van der Waals surface area contributed by atoms with Gasteiger partial charge in [0, 0.05) is 17.0 Å². The predicted octanol–water partition coefficient (Wildman–Crippen LogP) is 3.36. The van der Waals surface area contributed by atoms with Crippen LogP contribution in [0.15, 0.2) is 41.2 Å². The van der Waals surface area contributed by atoms with Crippen LogP contribution in [0.2, 0.25) is 0 Å². The molecule has 0 unspecified atom stereocenters. The van der Waals surface area contributed by atoms with Crippen molar-refractivity contribution in [3.63, 3.8) is 0 Å². The summed E-state index contributed by atoms with van der Waals surface area (Å²) in [5.41, 5.74) is 0.781. The zero-order chi connectivity index (χ0) is 19.4. The molecule has 0 saturated carbocycles. The van der Waals surface area contributed by atoms with E-state index in [-0.39, 0.29) is 24.6 Å². The van der Waals surface area contributed by atoms with Crippen molar-refractivity contribution in [2.75, 3.05) is 6.61 Å². The predicted molar refractivity (Wildman–Crippen MR) is 100 cm³/mol. The molecule has 0 spiro atoms. The largest absolute Gasteiger partial charge is 0.487 e. The molecule has 8 heteroatoms. The number of aromatic nitrogens is 2. The fourth-order valence-electron chi connectivity index (χ4n) is 2.43. The van der Waals surface area contributed by atoms with Crippen LogP contribution in [0.4, 0.5) is 4.39 Å². The lowest BCUT2D eigenvalue weighted by Crippen LogP contribution is -2.16. The molecule has 0 saturated heterocycles. The van der Waals surface area contributed by atoms with Crippen molar-refractivity contribution in [2.45, 2.75) is 20.5 Å². The van der Waals surface area contributed by atoms with E-state index in [0.29, 0.717) is 22.1 Å². The average Bonchev–Trinajstić information content (AvgIpc) is 2.95. The van der Waals surface area contributed by atoms with E-state index in [4.69, 9.17) is 9.47 Å². The van der Waals surface area contributed by atoms with Gasteiger partial charge in [-0.05, 0) is 44.2 Å². The topological polar surface area (TPSA) is 69.9 Å². The fraction of sp³-hybridized carbons (Fsp3) is 0.211. The summed E-state index contributed by atoms with van der Waals surface area (Å²) in [6.07, 6.45) is 2.84. The maximum absolute atomic E-state index is 12.9. The number of hydrogen-bond acceptors (Lipinski definition) is 6. The van der Waals surface area contributed by atoms with Gasteiger partial charge in [0.2, 0.25) is 0 Å². The number of hydrogen-bond donors (Lipinski definition) is 0. The Morgan fingerprint density at radius 1 is 1.33 bits per heavy atom. The van der Waals surface area contributed by atoms with Gasteiger partial charge in [0.25, 0.3) is 5.56 Å². The van der Waals surface area contributed by atoms with Crippen LogP contribution in [-0.4, -0.2) is 22.0 Å². The Labute approximate surface area is 158 Å². The summed E-state index contributed by atoms with van der Waals surface area (Å²) in [7, 11) is 0. The van der Waals surface area contributed by atoms with E-state index in [9.17, 15) is 14.0 Å². The number of rotatable bonds is 6. The molecule has 27 heavy (non-hydrogen) atoms. The zero-order valence-electron chi connectivity index (χ0n) is 14.8. The van der Waals surface area contributed by atoms with Crippen LogP contribution < -0.4 is 10.3 Å². The minimum Gasteiger partial charge on any atom is -0.487 e. The molecule has 0 radical (unpaired) electrons. The highest BCUT2D eigenvalue weighted by molar-refractivity contribution is 7.17. The normalized spacial score (nSPS) is 11.2. The Bertz CT molecular complexity index is 1050. The van der Waals surface area contributed by atoms with Gasteiger partial charge in [-0.2, -0.15) is 0 Å². The van der Waals surface area contributed by atoms with Crippen LogP contribution in [0, 0.1) is 12.7 Å². The minimum atomic E-state index is -0.471. The third kappa shape index (κ3) is 4.40. The lowest BCUT2D eigenvalue weighted by molar-refractivity contribution is -0.137. The first-order valence-corrected chi connectivity index (χ1v) is 9.05. The molecule has 3 rings (SSSR count). The molecule has 140 valence electrons. The molecule has 2 aromatic heterocycles. The SMILES string of the molecule is CCOC(=O)C=Cc1c(C)sc2nc(COc3ccc(F)cc3)cc(=O)n12. The van der Waals surface area contributed by atoms with E-state index in [1.807, 2.05) is 6.92 Å². The summed E-state index contributed by atoms with van der Waals surface area (Å²) in [5, 5.41) is 0. The second-order valence-electron chi connectivity index (χ2n) is 5.58. The third-order valence-electron chi connectivity index (χ3n) is 3.65. The van der Waals surface area contributed by atoms with Crippen molar-refractivity contribution in [3.05, 3.63) is 68.8 Å². The molecule has 0 fully saturated rings. The average molecular weight is 388 g/mol. The van der Waals surface area contributed by atoms with E-state index >= 15 is 0 Å². The zero-order valence-corrected chi connectivity index (χ0v) is 15.6. The van der Waals surface area contributed by atoms with E-state index < -0.39 is 5.97 Å². The monoisotopic (exact) mass is 388 g/mol. The smallest absolute Gasteiger partial charge is 0.330 e. The highest BCUT2D eigenvalue weighted by Gasteiger charge is 2.12. The van der Waals surface area contributed by atoms with Gasteiger partial charge in [0.15, 0.2) is 4.96 Å². The summed E-state index contributed by atoms with van der Waals surface area (Å²) < 4.78 is 24.8. The second-order valence-corrected chi connectivity index (χ2v) is 6.76. The van der Waals surface area contributed by atoms with E-state index in [1.54, 1.807) is 13.0 Å². The Balaban J connectivity index is 1.86. The summed E-state index contributed by atoms with van der Waals surface area (Å²) >= 11 is 1.34. The second kappa shape index (κ2) is 8.13. The number of fused-ring (bicyclic) bond motifs is 1. The summed E-state index contributed by atoms with van der Waals surface area (Å²) in [4.78, 5) is 29.8. The number of carbonyl (C=O) groups is 1. The van der Waals surface area contributed by atoms with E-state index in [1.165, 1.54) is 52.1 Å². The van der Waals surface area contributed by atoms with Gasteiger partial charge in [-0.1, -0.05) is 0 Å². The van der Waals surface area contributed by atoms with Crippen LogP contribution in [-0.2, 0) is 16.1 Å². The molecule has 0 bridgehead atoms. The standard InChI is InChI=1S/C19H17FN2O4S/c1-3-25-18(24)9-8-16-12(2)27-19-21-14(10-17(23)22(16)19)11-26-15-6-4-13(20)5-7-15/h4-10H,3,11H2,1-2H3. The van der Waals surface area contributed by atoms with Crippen LogP contribution in [0.1, 0.15) is 23.2 Å². The number of nitrogens with zero attached hydrogens (tertiary/aromatic N) is 2. The van der Waals surface area contributed by atoms with E-state index in [0.717, 1.165) is 4.88 Å². The maximum Gasteiger partial charge on any atom is 0.330 e. The Kier molecular flexibility index (Phi) is 5.66. The molecule has 0 atom stereocenters. The van der Waals surface area contributed by atoms with Gasteiger partial charge >= 0.3 is 5.97 Å². The third-order valence-corrected chi connectivity index (χ3v) is 4.62. The number of benzene rings is 1. The fourth-order valence-corrected chi connectivity index (χ4v) is 3.41. The maximum atomic E-state index is 12.9. The van der Waals surface area contributed by atoms with Crippen LogP contribution in [0.3, 0.4) is 0 Å². The first-order chi connectivity index (χ1) is 13.0. The number of carbonyl (C=O) groups excluding carboxylic acids is 1. The highest BCUT2D eigenvalue weighted by atomic mass is 32.1. The van der Waals surface area contributed by atoms with Gasteiger partial charge in [0.1, 0.15) is 18.2 Å². The summed E-state index contributed by atoms with van der Waals surface area (Å²) in [5.74, 6) is -0.335. The first kappa shape index (κ1) is 18.8. The van der Waals surface area contributed by atoms with Crippen LogP contribution >= 0.6 is 11.3 Å². The lowest BCUT2D eigenvalue weighted by atomic mass is 10.3. The molecule has 0 aliphatic carbocycles. The molecular formula is C19H17FN2O4S. The molecule has 1 aromatic carbocycles. The molecule has 0 amide bonds. The quantitative estimate of drug-likeness (QED) is 0.478. The molecule has 0 aliphatic rings. The number of esters is 1. The van der Waals surface area contributed by atoms with Crippen LogP contribution in [0.25, 0.3) is 11.0 Å². The number of ether oxygens (including phenoxy) is 2. The van der Waals surface area contributed by atoms with Gasteiger partial charge in [-0.15, -0.1) is 11.3 Å². The first-order valence-electron chi connectivity index (χ1n) is 8.23. The highest BCUT2D eigenvalue weighted by Crippen LogP contribution is 2.21. The summed E-state index contributed by atoms with van der Waals surface area (Å²) in [6, 6.07) is 6.99. The van der Waals surface area contributed by atoms with Crippen LogP contribution in [0.5, 0.6) is 5.75 Å². The Hall–Kier alpha value is -3.00. The van der Waals surface area contributed by atoms with Crippen molar-refractivity contribution in [1.29, 1.82) is 0 Å². The van der Waals surface area contributed by atoms with Crippen molar-refractivity contribution in [1.82, 2.24) is 9.38 Å². The molecule has 3 aromatic rings. The van der Waals surface area contributed by atoms with Gasteiger partial charge in [0.05, 0.1) is 18.0 Å². The molecular weight excluding hydrogens is 371 g/mol. The molecule has 6 nitrogen and oxygen atoms in total. The van der Waals surface area contributed by atoms with E-state index in [2.05, 4.69) is 4.98 Å². The molecule has 2 heterocycles. The van der Waals surface area contributed by atoms with Crippen molar-refractivity contribution < 1.29 is 18.7 Å². The Morgan fingerprint density at radius 2 is 2.07 bits per heavy atom. The van der Waals surface area contributed by atoms with Crippen molar-refractivity contribution in [3.8, 4) is 5.75 Å². The summed E-state index contributed by atoms with van der Waals surface area (Å²) in [6.45, 7) is 3.94.